The van der Waals surface area contributed by atoms with E-state index in [1.54, 1.807) is 35.7 Å². The van der Waals surface area contributed by atoms with Gasteiger partial charge in [-0.15, -0.1) is 11.3 Å². The summed E-state index contributed by atoms with van der Waals surface area (Å²) < 4.78 is 37.4. The molecule has 11 heteroatoms. The third-order valence-corrected chi connectivity index (χ3v) is 6.51. The molecule has 0 saturated carbocycles. The molecule has 0 bridgehead atoms. The molecular weight excluding hydrogens is 450 g/mol. The van der Waals surface area contributed by atoms with Crippen molar-refractivity contribution in [3.63, 3.8) is 0 Å². The van der Waals surface area contributed by atoms with E-state index in [-0.39, 0.29) is 22.4 Å². The van der Waals surface area contributed by atoms with Crippen LogP contribution in [-0.4, -0.2) is 33.5 Å². The maximum Gasteiger partial charge on any atom is 0.263 e. The van der Waals surface area contributed by atoms with Crippen LogP contribution in [0.15, 0.2) is 52.7 Å². The SMILES string of the molecule is COc1ccc(S(=O)(=O)Nc2nc(CC(=O)Nc3ccc(OC)c(Cl)c3)cs2)cc1. The van der Waals surface area contributed by atoms with E-state index >= 15 is 0 Å². The fraction of sp³-hybridized carbons (Fsp3) is 0.158. The highest BCUT2D eigenvalue weighted by atomic mass is 35.5. The van der Waals surface area contributed by atoms with Crippen molar-refractivity contribution in [2.75, 3.05) is 24.3 Å². The zero-order chi connectivity index (χ0) is 21.7. The Kier molecular flexibility index (Phi) is 6.80. The first-order valence-electron chi connectivity index (χ1n) is 8.55. The smallest absolute Gasteiger partial charge is 0.263 e. The number of rotatable bonds is 8. The maximum absolute atomic E-state index is 12.5. The van der Waals surface area contributed by atoms with Crippen molar-refractivity contribution in [2.45, 2.75) is 11.3 Å². The van der Waals surface area contributed by atoms with Gasteiger partial charge in [-0.3, -0.25) is 9.52 Å². The van der Waals surface area contributed by atoms with E-state index in [9.17, 15) is 13.2 Å². The summed E-state index contributed by atoms with van der Waals surface area (Å²) in [6, 6.07) is 10.9. The number of methoxy groups -OCH3 is 2. The monoisotopic (exact) mass is 467 g/mol. The van der Waals surface area contributed by atoms with Gasteiger partial charge in [0.25, 0.3) is 10.0 Å². The summed E-state index contributed by atoms with van der Waals surface area (Å²) in [6.07, 6.45) is -0.0234. The third-order valence-electron chi connectivity index (χ3n) is 3.92. The van der Waals surface area contributed by atoms with E-state index < -0.39 is 10.0 Å². The highest BCUT2D eigenvalue weighted by Crippen LogP contribution is 2.27. The molecule has 3 rings (SSSR count). The van der Waals surface area contributed by atoms with Gasteiger partial charge in [0.1, 0.15) is 11.5 Å². The summed E-state index contributed by atoms with van der Waals surface area (Å²) in [5.41, 5.74) is 0.950. The van der Waals surface area contributed by atoms with Gasteiger partial charge in [0.15, 0.2) is 5.13 Å². The van der Waals surface area contributed by atoms with Gasteiger partial charge in [0, 0.05) is 11.1 Å². The Morgan fingerprint density at radius 1 is 1.13 bits per heavy atom. The van der Waals surface area contributed by atoms with Crippen molar-refractivity contribution >= 4 is 49.7 Å². The quantitative estimate of drug-likeness (QED) is 0.522. The molecule has 1 heterocycles. The number of nitrogens with zero attached hydrogens (tertiary/aromatic N) is 1. The number of thiazole rings is 1. The highest BCUT2D eigenvalue weighted by molar-refractivity contribution is 7.93. The minimum atomic E-state index is -3.80. The van der Waals surface area contributed by atoms with Crippen LogP contribution in [0.5, 0.6) is 11.5 Å². The number of aromatic nitrogens is 1. The standard InChI is InChI=1S/C19H18ClN3O5S2/c1-27-14-4-6-15(7-5-14)30(25,26)23-19-22-13(11-29-19)10-18(24)21-12-3-8-17(28-2)16(20)9-12/h3-9,11H,10H2,1-2H3,(H,21,24)(H,22,23). The normalized spacial score (nSPS) is 11.0. The fourth-order valence-corrected chi connectivity index (χ4v) is 4.70. The molecule has 1 aromatic heterocycles. The van der Waals surface area contributed by atoms with Crippen LogP contribution < -0.4 is 19.5 Å². The molecule has 30 heavy (non-hydrogen) atoms. The lowest BCUT2D eigenvalue weighted by molar-refractivity contribution is -0.115. The maximum atomic E-state index is 12.5. The Bertz CT molecular complexity index is 1150. The minimum Gasteiger partial charge on any atom is -0.497 e. The first-order chi connectivity index (χ1) is 14.3. The molecule has 0 aliphatic carbocycles. The van der Waals surface area contributed by atoms with Gasteiger partial charge in [0.2, 0.25) is 5.91 Å². The summed E-state index contributed by atoms with van der Waals surface area (Å²) >= 11 is 7.14. The molecular formula is C19H18ClN3O5S2. The number of anilines is 2. The summed E-state index contributed by atoms with van der Waals surface area (Å²) in [7, 11) is -0.798. The molecule has 3 aromatic rings. The van der Waals surface area contributed by atoms with Crippen LogP contribution in [0.4, 0.5) is 10.8 Å². The largest absolute Gasteiger partial charge is 0.497 e. The molecule has 8 nitrogen and oxygen atoms in total. The zero-order valence-electron chi connectivity index (χ0n) is 16.0. The summed E-state index contributed by atoms with van der Waals surface area (Å²) in [6.45, 7) is 0. The van der Waals surface area contributed by atoms with E-state index in [1.807, 2.05) is 0 Å². The number of benzene rings is 2. The van der Waals surface area contributed by atoms with Gasteiger partial charge >= 0.3 is 0 Å². The number of carbonyl (C=O) groups excluding carboxylic acids is 1. The van der Waals surface area contributed by atoms with Gasteiger partial charge in [-0.2, -0.15) is 0 Å². The Morgan fingerprint density at radius 3 is 2.50 bits per heavy atom. The molecule has 0 aliphatic rings. The van der Waals surface area contributed by atoms with Gasteiger partial charge in [-0.1, -0.05) is 11.6 Å². The van der Waals surface area contributed by atoms with Crippen LogP contribution in [0.2, 0.25) is 5.02 Å². The van der Waals surface area contributed by atoms with Crippen LogP contribution >= 0.6 is 22.9 Å². The second-order valence-electron chi connectivity index (χ2n) is 6.00. The van der Waals surface area contributed by atoms with Crippen LogP contribution in [0.25, 0.3) is 0 Å². The second-order valence-corrected chi connectivity index (χ2v) is 8.95. The number of hydrogen-bond donors (Lipinski definition) is 2. The summed E-state index contributed by atoms with van der Waals surface area (Å²) in [5, 5.41) is 4.87. The number of sulfonamides is 1. The average molecular weight is 468 g/mol. The zero-order valence-corrected chi connectivity index (χ0v) is 18.4. The van der Waals surface area contributed by atoms with Crippen molar-refractivity contribution in [3.8, 4) is 11.5 Å². The van der Waals surface area contributed by atoms with Crippen LogP contribution in [0.3, 0.4) is 0 Å². The van der Waals surface area contributed by atoms with E-state index in [0.717, 1.165) is 11.3 Å². The van der Waals surface area contributed by atoms with Crippen molar-refractivity contribution in [1.82, 2.24) is 4.98 Å². The Hall–Kier alpha value is -2.82. The van der Waals surface area contributed by atoms with E-state index in [0.29, 0.717) is 27.9 Å². The molecule has 2 aromatic carbocycles. The van der Waals surface area contributed by atoms with Gasteiger partial charge in [0.05, 0.1) is 36.3 Å². The molecule has 0 unspecified atom stereocenters. The molecule has 1 amide bonds. The van der Waals surface area contributed by atoms with Crippen molar-refractivity contribution in [3.05, 3.63) is 58.6 Å². The first kappa shape index (κ1) is 21.9. The Morgan fingerprint density at radius 2 is 1.87 bits per heavy atom. The predicted octanol–water partition coefficient (Wildman–Crippen LogP) is 3.80. The van der Waals surface area contributed by atoms with Crippen molar-refractivity contribution in [2.24, 2.45) is 0 Å². The lowest BCUT2D eigenvalue weighted by atomic mass is 10.2. The lowest BCUT2D eigenvalue weighted by Crippen LogP contribution is -2.15. The lowest BCUT2D eigenvalue weighted by Gasteiger charge is -2.07. The number of ether oxygens (including phenoxy) is 2. The molecule has 2 N–H and O–H groups in total. The van der Waals surface area contributed by atoms with Gasteiger partial charge in [-0.05, 0) is 42.5 Å². The van der Waals surface area contributed by atoms with Crippen molar-refractivity contribution in [1.29, 1.82) is 0 Å². The number of nitrogens with one attached hydrogen (secondary N) is 2. The van der Waals surface area contributed by atoms with Gasteiger partial charge < -0.3 is 14.8 Å². The predicted molar refractivity (Wildman–Crippen MR) is 116 cm³/mol. The average Bonchev–Trinajstić information content (AvgIpc) is 3.14. The third kappa shape index (κ3) is 5.41. The molecule has 0 radical (unpaired) electrons. The number of hydrogen-bond acceptors (Lipinski definition) is 7. The Balaban J connectivity index is 1.62. The minimum absolute atomic E-state index is 0.0234. The molecule has 0 atom stereocenters. The number of amides is 1. The number of carbonyl (C=O) groups is 1. The van der Waals surface area contributed by atoms with Crippen LogP contribution in [0.1, 0.15) is 5.69 Å². The molecule has 0 saturated heterocycles. The second kappa shape index (κ2) is 9.33. The summed E-state index contributed by atoms with van der Waals surface area (Å²) in [5.74, 6) is 0.740. The van der Waals surface area contributed by atoms with E-state index in [1.165, 1.54) is 26.4 Å². The van der Waals surface area contributed by atoms with E-state index in [4.69, 9.17) is 21.1 Å². The molecule has 0 fully saturated rings. The van der Waals surface area contributed by atoms with Crippen LogP contribution in [-0.2, 0) is 21.2 Å². The molecule has 0 spiro atoms. The number of halogens is 1. The van der Waals surface area contributed by atoms with Gasteiger partial charge in [-0.25, -0.2) is 13.4 Å². The van der Waals surface area contributed by atoms with Crippen LogP contribution in [0, 0.1) is 0 Å². The Labute approximate surface area is 182 Å². The topological polar surface area (TPSA) is 107 Å². The summed E-state index contributed by atoms with van der Waals surface area (Å²) in [4.78, 5) is 16.5. The van der Waals surface area contributed by atoms with Crippen molar-refractivity contribution < 1.29 is 22.7 Å². The molecule has 0 aliphatic heterocycles. The first-order valence-corrected chi connectivity index (χ1v) is 11.3. The fourth-order valence-electron chi connectivity index (χ4n) is 2.48. The van der Waals surface area contributed by atoms with E-state index in [2.05, 4.69) is 15.0 Å². The molecule has 158 valence electrons. The highest BCUT2D eigenvalue weighted by Gasteiger charge is 2.17.